The normalized spacial score (nSPS) is 11.1. The van der Waals surface area contributed by atoms with Gasteiger partial charge in [0.25, 0.3) is 5.91 Å². The molecule has 0 aliphatic rings. The predicted molar refractivity (Wildman–Crippen MR) is 120 cm³/mol. The summed E-state index contributed by atoms with van der Waals surface area (Å²) in [6.07, 6.45) is 0.00836. The SMILES string of the molecule is N#Cc1cccc(C#N)c1-c1ccc(C[C@H](NC(=O)c2c(Cl)cccc2Cl)C(=O)O)cc1. The van der Waals surface area contributed by atoms with Crippen LogP contribution in [-0.2, 0) is 11.2 Å². The van der Waals surface area contributed by atoms with Gasteiger partial charge in [-0.2, -0.15) is 10.5 Å². The van der Waals surface area contributed by atoms with E-state index >= 15 is 0 Å². The first-order chi connectivity index (χ1) is 15.3. The lowest BCUT2D eigenvalue weighted by molar-refractivity contribution is -0.139. The maximum atomic E-state index is 12.6. The van der Waals surface area contributed by atoms with Gasteiger partial charge in [0.1, 0.15) is 6.04 Å². The van der Waals surface area contributed by atoms with Gasteiger partial charge < -0.3 is 10.4 Å². The second-order valence-corrected chi connectivity index (χ2v) is 7.63. The van der Waals surface area contributed by atoms with Gasteiger partial charge in [-0.1, -0.05) is 59.6 Å². The van der Waals surface area contributed by atoms with Crippen molar-refractivity contribution in [1.82, 2.24) is 5.32 Å². The number of benzene rings is 3. The molecule has 0 aliphatic heterocycles. The van der Waals surface area contributed by atoms with Crippen molar-refractivity contribution >= 4 is 35.1 Å². The summed E-state index contributed by atoms with van der Waals surface area (Å²) >= 11 is 12.1. The summed E-state index contributed by atoms with van der Waals surface area (Å²) in [6.45, 7) is 0. The van der Waals surface area contributed by atoms with Crippen molar-refractivity contribution in [3.8, 4) is 23.3 Å². The number of amides is 1. The smallest absolute Gasteiger partial charge is 0.326 e. The zero-order chi connectivity index (χ0) is 23.3. The molecule has 0 spiro atoms. The van der Waals surface area contributed by atoms with Crippen LogP contribution in [0.25, 0.3) is 11.1 Å². The van der Waals surface area contributed by atoms with Gasteiger partial charge in [0, 0.05) is 12.0 Å². The van der Waals surface area contributed by atoms with E-state index in [-0.39, 0.29) is 22.0 Å². The Labute approximate surface area is 194 Å². The van der Waals surface area contributed by atoms with E-state index in [1.54, 1.807) is 48.5 Å². The summed E-state index contributed by atoms with van der Waals surface area (Å²) in [4.78, 5) is 24.3. The monoisotopic (exact) mass is 463 g/mol. The van der Waals surface area contributed by atoms with E-state index in [1.165, 1.54) is 12.1 Å². The molecule has 0 aromatic heterocycles. The van der Waals surface area contributed by atoms with Gasteiger partial charge in [-0.15, -0.1) is 0 Å². The topological polar surface area (TPSA) is 114 Å². The summed E-state index contributed by atoms with van der Waals surface area (Å²) in [7, 11) is 0. The molecule has 3 aromatic carbocycles. The van der Waals surface area contributed by atoms with Gasteiger partial charge >= 0.3 is 5.97 Å². The molecule has 0 saturated carbocycles. The molecule has 3 rings (SSSR count). The Morgan fingerprint density at radius 2 is 1.44 bits per heavy atom. The number of carbonyl (C=O) groups excluding carboxylic acids is 1. The molecule has 0 fully saturated rings. The maximum absolute atomic E-state index is 12.6. The number of carboxylic acid groups (broad SMARTS) is 1. The quantitative estimate of drug-likeness (QED) is 0.543. The van der Waals surface area contributed by atoms with Crippen LogP contribution >= 0.6 is 23.2 Å². The molecular formula is C24H15Cl2N3O3. The fourth-order valence-electron chi connectivity index (χ4n) is 3.24. The van der Waals surface area contributed by atoms with E-state index in [0.717, 1.165) is 0 Å². The highest BCUT2D eigenvalue weighted by Gasteiger charge is 2.24. The van der Waals surface area contributed by atoms with E-state index in [9.17, 15) is 25.2 Å². The van der Waals surface area contributed by atoms with Crippen LogP contribution in [0.2, 0.25) is 10.0 Å². The van der Waals surface area contributed by atoms with Crippen molar-refractivity contribution in [2.24, 2.45) is 0 Å². The van der Waals surface area contributed by atoms with Crippen molar-refractivity contribution in [3.63, 3.8) is 0 Å². The number of nitriles is 2. The van der Waals surface area contributed by atoms with Crippen molar-refractivity contribution < 1.29 is 14.7 Å². The molecule has 0 saturated heterocycles. The first kappa shape index (κ1) is 22.8. The summed E-state index contributed by atoms with van der Waals surface area (Å²) in [5.41, 5.74) is 2.55. The third-order valence-electron chi connectivity index (χ3n) is 4.78. The average molecular weight is 464 g/mol. The Kier molecular flexibility index (Phi) is 7.12. The van der Waals surface area contributed by atoms with Crippen molar-refractivity contribution in [2.45, 2.75) is 12.5 Å². The number of carboxylic acids is 1. The fraction of sp³-hybridized carbons (Fsp3) is 0.0833. The highest BCUT2D eigenvalue weighted by molar-refractivity contribution is 6.39. The molecule has 0 unspecified atom stereocenters. The fourth-order valence-corrected chi connectivity index (χ4v) is 3.81. The minimum absolute atomic E-state index is 0.00836. The molecule has 2 N–H and O–H groups in total. The first-order valence-electron chi connectivity index (χ1n) is 9.36. The number of carbonyl (C=O) groups is 2. The summed E-state index contributed by atoms with van der Waals surface area (Å²) in [5.74, 6) is -1.90. The van der Waals surface area contributed by atoms with Crippen LogP contribution in [0.15, 0.2) is 60.7 Å². The molecular weight excluding hydrogens is 449 g/mol. The van der Waals surface area contributed by atoms with Crippen molar-refractivity contribution in [2.75, 3.05) is 0 Å². The van der Waals surface area contributed by atoms with E-state index in [4.69, 9.17) is 23.2 Å². The van der Waals surface area contributed by atoms with E-state index < -0.39 is 17.9 Å². The third-order valence-corrected chi connectivity index (χ3v) is 5.41. The maximum Gasteiger partial charge on any atom is 0.326 e. The zero-order valence-corrected chi connectivity index (χ0v) is 18.0. The largest absolute Gasteiger partial charge is 0.480 e. The molecule has 1 amide bonds. The van der Waals surface area contributed by atoms with Crippen LogP contribution in [0.3, 0.4) is 0 Å². The average Bonchev–Trinajstić information content (AvgIpc) is 2.78. The van der Waals surface area contributed by atoms with Gasteiger partial charge in [-0.3, -0.25) is 4.79 Å². The molecule has 0 radical (unpaired) electrons. The van der Waals surface area contributed by atoms with Crippen molar-refractivity contribution in [1.29, 1.82) is 10.5 Å². The zero-order valence-electron chi connectivity index (χ0n) is 16.5. The minimum atomic E-state index is -1.22. The lowest BCUT2D eigenvalue weighted by Crippen LogP contribution is -2.42. The molecule has 158 valence electrons. The van der Waals surface area contributed by atoms with E-state index in [0.29, 0.717) is 27.8 Å². The number of hydrogen-bond acceptors (Lipinski definition) is 4. The van der Waals surface area contributed by atoms with Crippen LogP contribution in [0.5, 0.6) is 0 Å². The van der Waals surface area contributed by atoms with Crippen LogP contribution in [0.1, 0.15) is 27.0 Å². The number of hydrogen-bond donors (Lipinski definition) is 2. The molecule has 6 nitrogen and oxygen atoms in total. The first-order valence-corrected chi connectivity index (χ1v) is 10.1. The lowest BCUT2D eigenvalue weighted by atomic mass is 9.94. The molecule has 0 heterocycles. The van der Waals surface area contributed by atoms with Gasteiger partial charge in [0.15, 0.2) is 0 Å². The molecule has 0 aliphatic carbocycles. The predicted octanol–water partition coefficient (Wildman–Crippen LogP) is 4.83. The summed E-state index contributed by atoms with van der Waals surface area (Å²) in [5, 5.41) is 31.0. The molecule has 1 atom stereocenters. The van der Waals surface area contributed by atoms with Crippen LogP contribution in [0, 0.1) is 22.7 Å². The third kappa shape index (κ3) is 4.90. The standard InChI is InChI=1S/C24H15Cl2N3O3/c25-18-5-2-6-19(26)22(18)23(30)29-20(24(31)32)11-14-7-9-15(10-8-14)21-16(12-27)3-1-4-17(21)13-28/h1-10,20H,11H2,(H,29,30)(H,31,32)/t20-/m0/s1. The minimum Gasteiger partial charge on any atom is -0.480 e. The highest BCUT2D eigenvalue weighted by Crippen LogP contribution is 2.28. The van der Waals surface area contributed by atoms with Crippen LogP contribution in [-0.4, -0.2) is 23.0 Å². The summed E-state index contributed by atoms with van der Waals surface area (Å²) < 4.78 is 0. The molecule has 32 heavy (non-hydrogen) atoms. The number of aliphatic carboxylic acids is 1. The van der Waals surface area contributed by atoms with Gasteiger partial charge in [0.05, 0.1) is 38.9 Å². The summed E-state index contributed by atoms with van der Waals surface area (Å²) in [6, 6.07) is 19.2. The molecule has 0 bridgehead atoms. The Bertz CT molecular complexity index is 1220. The van der Waals surface area contributed by atoms with Crippen LogP contribution < -0.4 is 5.32 Å². The second-order valence-electron chi connectivity index (χ2n) is 6.81. The molecule has 8 heteroatoms. The Morgan fingerprint density at radius 1 is 0.906 bits per heavy atom. The highest BCUT2D eigenvalue weighted by atomic mass is 35.5. The lowest BCUT2D eigenvalue weighted by Gasteiger charge is -2.16. The van der Waals surface area contributed by atoms with Gasteiger partial charge in [-0.25, -0.2) is 4.79 Å². The Balaban J connectivity index is 1.84. The second kappa shape index (κ2) is 9.98. The van der Waals surface area contributed by atoms with Gasteiger partial charge in [0.2, 0.25) is 0 Å². The van der Waals surface area contributed by atoms with E-state index in [1.807, 2.05) is 0 Å². The Hall–Kier alpha value is -3.84. The number of nitrogens with zero attached hydrogens (tertiary/aromatic N) is 2. The van der Waals surface area contributed by atoms with Crippen molar-refractivity contribution in [3.05, 3.63) is 93.0 Å². The number of rotatable bonds is 6. The Morgan fingerprint density at radius 3 is 1.94 bits per heavy atom. The number of halogens is 2. The van der Waals surface area contributed by atoms with E-state index in [2.05, 4.69) is 17.5 Å². The van der Waals surface area contributed by atoms with Crippen LogP contribution in [0.4, 0.5) is 0 Å². The molecule has 3 aromatic rings. The van der Waals surface area contributed by atoms with Gasteiger partial charge in [-0.05, 0) is 35.4 Å². The number of nitrogens with one attached hydrogen (secondary N) is 1.